The molecule has 110 valence electrons. The molecule has 0 saturated carbocycles. The van der Waals surface area contributed by atoms with Gasteiger partial charge in [-0.25, -0.2) is 0 Å². The Morgan fingerprint density at radius 2 is 1.52 bits per heavy atom. The smallest absolute Gasteiger partial charge is 0.294 e. The van der Waals surface area contributed by atoms with E-state index in [0.29, 0.717) is 12.0 Å². The Hall–Kier alpha value is -2.10. The van der Waals surface area contributed by atoms with E-state index in [4.69, 9.17) is 0 Å². The van der Waals surface area contributed by atoms with Crippen molar-refractivity contribution in [3.8, 4) is 0 Å². The Bertz CT molecular complexity index is 610. The SMILES string of the molecule is Cc1ccc(C(=O)CCc2ccc(C(F)(F)F)cc2)cc1. The minimum atomic E-state index is -4.32. The van der Waals surface area contributed by atoms with Crippen LogP contribution in [0.2, 0.25) is 0 Å². The van der Waals surface area contributed by atoms with Crippen LogP contribution in [0.1, 0.15) is 33.5 Å². The summed E-state index contributed by atoms with van der Waals surface area (Å²) in [4.78, 5) is 12.0. The number of aryl methyl sites for hydroxylation is 2. The van der Waals surface area contributed by atoms with Gasteiger partial charge in [-0.15, -0.1) is 0 Å². The molecular formula is C17H15F3O. The molecule has 0 spiro atoms. The monoisotopic (exact) mass is 292 g/mol. The number of ketones is 1. The van der Waals surface area contributed by atoms with Gasteiger partial charge in [0, 0.05) is 12.0 Å². The van der Waals surface area contributed by atoms with Gasteiger partial charge in [-0.3, -0.25) is 4.79 Å². The van der Waals surface area contributed by atoms with E-state index >= 15 is 0 Å². The molecule has 0 N–H and O–H groups in total. The topological polar surface area (TPSA) is 17.1 Å². The van der Waals surface area contributed by atoms with Crippen LogP contribution >= 0.6 is 0 Å². The highest BCUT2D eigenvalue weighted by Gasteiger charge is 2.29. The molecule has 0 aromatic heterocycles. The highest BCUT2D eigenvalue weighted by Crippen LogP contribution is 2.29. The zero-order valence-corrected chi connectivity index (χ0v) is 11.6. The van der Waals surface area contributed by atoms with E-state index in [1.165, 1.54) is 12.1 Å². The van der Waals surface area contributed by atoms with Gasteiger partial charge in [0.05, 0.1) is 5.56 Å². The zero-order chi connectivity index (χ0) is 15.5. The largest absolute Gasteiger partial charge is 0.416 e. The van der Waals surface area contributed by atoms with Gasteiger partial charge in [0.25, 0.3) is 0 Å². The van der Waals surface area contributed by atoms with E-state index in [0.717, 1.165) is 23.3 Å². The van der Waals surface area contributed by atoms with Crippen molar-refractivity contribution < 1.29 is 18.0 Å². The minimum Gasteiger partial charge on any atom is -0.294 e. The maximum absolute atomic E-state index is 12.4. The molecule has 0 fully saturated rings. The maximum Gasteiger partial charge on any atom is 0.416 e. The van der Waals surface area contributed by atoms with Crippen molar-refractivity contribution in [3.05, 3.63) is 70.8 Å². The zero-order valence-electron chi connectivity index (χ0n) is 11.6. The fourth-order valence-electron chi connectivity index (χ4n) is 2.00. The summed E-state index contributed by atoms with van der Waals surface area (Å²) in [5.41, 5.74) is 1.77. The average Bonchev–Trinajstić information content (AvgIpc) is 2.45. The molecule has 1 nitrogen and oxygen atoms in total. The van der Waals surface area contributed by atoms with Gasteiger partial charge in [-0.2, -0.15) is 13.2 Å². The summed E-state index contributed by atoms with van der Waals surface area (Å²) in [6.07, 6.45) is -3.60. The molecule has 0 aliphatic carbocycles. The molecule has 0 unspecified atom stereocenters. The second-order valence-electron chi connectivity index (χ2n) is 4.98. The highest BCUT2D eigenvalue weighted by atomic mass is 19.4. The van der Waals surface area contributed by atoms with E-state index in [1.807, 2.05) is 19.1 Å². The first-order valence-electron chi connectivity index (χ1n) is 6.62. The molecule has 0 aliphatic rings. The van der Waals surface area contributed by atoms with E-state index in [-0.39, 0.29) is 12.2 Å². The summed E-state index contributed by atoms with van der Waals surface area (Å²) >= 11 is 0. The van der Waals surface area contributed by atoms with Gasteiger partial charge in [0.2, 0.25) is 0 Å². The molecule has 2 aromatic rings. The molecular weight excluding hydrogens is 277 g/mol. The summed E-state index contributed by atoms with van der Waals surface area (Å²) in [6, 6.07) is 12.2. The molecule has 0 amide bonds. The predicted octanol–water partition coefficient (Wildman–Crippen LogP) is 4.83. The second-order valence-corrected chi connectivity index (χ2v) is 4.98. The molecule has 0 aliphatic heterocycles. The lowest BCUT2D eigenvalue weighted by atomic mass is 10.0. The first-order chi connectivity index (χ1) is 9.86. The van der Waals surface area contributed by atoms with Crippen molar-refractivity contribution in [2.45, 2.75) is 25.9 Å². The number of rotatable bonds is 4. The number of carbonyl (C=O) groups excluding carboxylic acids is 1. The molecule has 4 heteroatoms. The van der Waals surface area contributed by atoms with Gasteiger partial charge >= 0.3 is 6.18 Å². The Morgan fingerprint density at radius 3 is 2.05 bits per heavy atom. The number of halogens is 3. The molecule has 0 atom stereocenters. The van der Waals surface area contributed by atoms with Crippen LogP contribution in [-0.4, -0.2) is 5.78 Å². The fourth-order valence-corrected chi connectivity index (χ4v) is 2.00. The van der Waals surface area contributed by atoms with Crippen LogP contribution in [0.4, 0.5) is 13.2 Å². The highest BCUT2D eigenvalue weighted by molar-refractivity contribution is 5.96. The van der Waals surface area contributed by atoms with Crippen molar-refractivity contribution in [1.29, 1.82) is 0 Å². The number of hydrogen-bond donors (Lipinski definition) is 0. The lowest BCUT2D eigenvalue weighted by Crippen LogP contribution is -2.05. The molecule has 0 saturated heterocycles. The van der Waals surface area contributed by atoms with Crippen LogP contribution < -0.4 is 0 Å². The van der Waals surface area contributed by atoms with Crippen LogP contribution in [0, 0.1) is 6.92 Å². The first-order valence-corrected chi connectivity index (χ1v) is 6.62. The third-order valence-electron chi connectivity index (χ3n) is 3.30. The molecule has 0 heterocycles. The maximum atomic E-state index is 12.4. The second kappa shape index (κ2) is 6.12. The summed E-state index contributed by atoms with van der Waals surface area (Å²) in [5, 5.41) is 0. The van der Waals surface area contributed by atoms with Crippen molar-refractivity contribution in [3.63, 3.8) is 0 Å². The minimum absolute atomic E-state index is 0.00472. The van der Waals surface area contributed by atoms with E-state index in [2.05, 4.69) is 0 Å². The molecule has 0 bridgehead atoms. The number of alkyl halides is 3. The number of benzene rings is 2. The van der Waals surface area contributed by atoms with Crippen molar-refractivity contribution in [1.82, 2.24) is 0 Å². The Kier molecular flexibility index (Phi) is 4.46. The lowest BCUT2D eigenvalue weighted by Gasteiger charge is -2.07. The summed E-state index contributed by atoms with van der Waals surface area (Å²) in [6.45, 7) is 1.94. The summed E-state index contributed by atoms with van der Waals surface area (Å²) in [5.74, 6) is -0.00472. The number of carbonyl (C=O) groups is 1. The van der Waals surface area contributed by atoms with Crippen LogP contribution in [0.25, 0.3) is 0 Å². The number of hydrogen-bond acceptors (Lipinski definition) is 1. The van der Waals surface area contributed by atoms with Gasteiger partial charge in [0.1, 0.15) is 0 Å². The van der Waals surface area contributed by atoms with Crippen molar-refractivity contribution in [2.75, 3.05) is 0 Å². The van der Waals surface area contributed by atoms with E-state index in [9.17, 15) is 18.0 Å². The van der Waals surface area contributed by atoms with Crippen LogP contribution in [0.15, 0.2) is 48.5 Å². The molecule has 0 radical (unpaired) electrons. The van der Waals surface area contributed by atoms with E-state index < -0.39 is 11.7 Å². The van der Waals surface area contributed by atoms with Crippen LogP contribution in [0.3, 0.4) is 0 Å². The molecule has 2 rings (SSSR count). The van der Waals surface area contributed by atoms with Gasteiger partial charge < -0.3 is 0 Å². The normalized spacial score (nSPS) is 11.4. The predicted molar refractivity (Wildman–Crippen MR) is 75.3 cm³/mol. The molecule has 2 aromatic carbocycles. The summed E-state index contributed by atoms with van der Waals surface area (Å²) in [7, 11) is 0. The number of Topliss-reactive ketones (excluding diaryl/α,β-unsaturated/α-hetero) is 1. The van der Waals surface area contributed by atoms with Gasteiger partial charge in [0.15, 0.2) is 5.78 Å². The van der Waals surface area contributed by atoms with Crippen LogP contribution in [0.5, 0.6) is 0 Å². The van der Waals surface area contributed by atoms with Crippen LogP contribution in [-0.2, 0) is 12.6 Å². The lowest BCUT2D eigenvalue weighted by molar-refractivity contribution is -0.137. The Morgan fingerprint density at radius 1 is 0.952 bits per heavy atom. The fraction of sp³-hybridized carbons (Fsp3) is 0.235. The molecule has 21 heavy (non-hydrogen) atoms. The third kappa shape index (κ3) is 4.18. The first kappa shape index (κ1) is 15.3. The van der Waals surface area contributed by atoms with Gasteiger partial charge in [-0.1, -0.05) is 42.0 Å². The average molecular weight is 292 g/mol. The Labute approximate surface area is 121 Å². The third-order valence-corrected chi connectivity index (χ3v) is 3.30. The van der Waals surface area contributed by atoms with Crippen molar-refractivity contribution >= 4 is 5.78 Å². The van der Waals surface area contributed by atoms with Gasteiger partial charge in [-0.05, 0) is 31.0 Å². The van der Waals surface area contributed by atoms with Crippen molar-refractivity contribution in [2.24, 2.45) is 0 Å². The Balaban J connectivity index is 1.97. The van der Waals surface area contributed by atoms with E-state index in [1.54, 1.807) is 12.1 Å². The summed E-state index contributed by atoms with van der Waals surface area (Å²) < 4.78 is 37.3. The standard InChI is InChI=1S/C17H15F3O/c1-12-2-7-14(8-3-12)16(21)11-6-13-4-9-15(10-5-13)17(18,19)20/h2-5,7-10H,6,11H2,1H3. The quantitative estimate of drug-likeness (QED) is 0.738.